The minimum atomic E-state index is -4.69. The summed E-state index contributed by atoms with van der Waals surface area (Å²) in [6.07, 6.45) is -3.56. The molecule has 1 heterocycles. The summed E-state index contributed by atoms with van der Waals surface area (Å²) in [4.78, 5) is 4.23. The molecule has 0 amide bonds. The smallest absolute Gasteiger partial charge is 0.382 e. The highest BCUT2D eigenvalue weighted by Gasteiger charge is 2.38. The molecular formula is C13H14F3N3O. The second-order valence-corrected chi connectivity index (χ2v) is 4.75. The van der Waals surface area contributed by atoms with Crippen molar-refractivity contribution in [3.05, 3.63) is 22.9 Å². The summed E-state index contributed by atoms with van der Waals surface area (Å²) >= 11 is 0. The summed E-state index contributed by atoms with van der Waals surface area (Å²) in [5, 5.41) is 20.4. The molecule has 1 unspecified atom stereocenters. The molecule has 1 aliphatic rings. The lowest BCUT2D eigenvalue weighted by Crippen LogP contribution is -2.35. The van der Waals surface area contributed by atoms with E-state index in [0.717, 1.165) is 36.9 Å². The van der Waals surface area contributed by atoms with Crippen LogP contribution < -0.4 is 5.32 Å². The van der Waals surface area contributed by atoms with Crippen molar-refractivity contribution in [1.29, 1.82) is 5.26 Å². The number of rotatable bonds is 3. The highest BCUT2D eigenvalue weighted by molar-refractivity contribution is 5.54. The maximum Gasteiger partial charge on any atom is 0.416 e. The number of halogens is 3. The number of pyridine rings is 1. The van der Waals surface area contributed by atoms with Crippen LogP contribution in [0.2, 0.25) is 0 Å². The number of fused-ring (bicyclic) bond motifs is 1. The summed E-state index contributed by atoms with van der Waals surface area (Å²) < 4.78 is 36.7. The Bertz CT molecular complexity index is 537. The Kier molecular flexibility index (Phi) is 4.14. The average Bonchev–Trinajstić information content (AvgIpc) is 2.42. The van der Waals surface area contributed by atoms with Gasteiger partial charge in [-0.15, -0.1) is 0 Å². The standard InChI is InChI=1S/C13H14F3N3O/c14-13(15,16)11(20)7-18-12-9(6-17)5-8-3-1-2-4-10(8)19-12/h5,11,20H,1-4,7H2,(H,18,19). The molecule has 1 aromatic heterocycles. The number of alkyl halides is 3. The van der Waals surface area contributed by atoms with Crippen LogP contribution in [0, 0.1) is 11.3 Å². The molecule has 0 aromatic carbocycles. The van der Waals surface area contributed by atoms with Gasteiger partial charge in [-0.1, -0.05) is 0 Å². The van der Waals surface area contributed by atoms with E-state index in [4.69, 9.17) is 10.4 Å². The van der Waals surface area contributed by atoms with Gasteiger partial charge in [0.25, 0.3) is 0 Å². The van der Waals surface area contributed by atoms with Crippen LogP contribution in [0.1, 0.15) is 29.7 Å². The zero-order chi connectivity index (χ0) is 14.8. The van der Waals surface area contributed by atoms with E-state index in [0.29, 0.717) is 0 Å². The fourth-order valence-electron chi connectivity index (χ4n) is 2.16. The summed E-state index contributed by atoms with van der Waals surface area (Å²) in [6.45, 7) is -0.718. The third-order valence-electron chi connectivity index (χ3n) is 3.26. The molecule has 1 aliphatic carbocycles. The van der Waals surface area contributed by atoms with Crippen molar-refractivity contribution < 1.29 is 18.3 Å². The third kappa shape index (κ3) is 3.20. The minimum absolute atomic E-state index is 0.108. The quantitative estimate of drug-likeness (QED) is 0.893. The Morgan fingerprint density at radius 3 is 2.75 bits per heavy atom. The number of aromatic nitrogens is 1. The molecule has 4 nitrogen and oxygen atoms in total. The number of nitrogens with one attached hydrogen (secondary N) is 1. The van der Waals surface area contributed by atoms with E-state index in [9.17, 15) is 13.2 Å². The molecule has 1 atom stereocenters. The first-order chi connectivity index (χ1) is 9.41. The molecule has 0 saturated carbocycles. The van der Waals surface area contributed by atoms with Crippen LogP contribution in [0.4, 0.5) is 19.0 Å². The van der Waals surface area contributed by atoms with Crippen LogP contribution in [0.3, 0.4) is 0 Å². The number of aryl methyl sites for hydroxylation is 2. The Hall–Kier alpha value is -1.81. The Morgan fingerprint density at radius 2 is 2.10 bits per heavy atom. The van der Waals surface area contributed by atoms with Crippen molar-refractivity contribution in [2.75, 3.05) is 11.9 Å². The van der Waals surface area contributed by atoms with Gasteiger partial charge in [0, 0.05) is 5.69 Å². The number of aliphatic hydroxyl groups excluding tert-OH is 1. The second kappa shape index (κ2) is 5.67. The topological polar surface area (TPSA) is 68.9 Å². The summed E-state index contributed by atoms with van der Waals surface area (Å²) in [5.74, 6) is 0.108. The molecule has 108 valence electrons. The molecule has 0 fully saturated rings. The molecule has 2 N–H and O–H groups in total. The number of aliphatic hydroxyl groups is 1. The molecular weight excluding hydrogens is 271 g/mol. The monoisotopic (exact) mass is 285 g/mol. The minimum Gasteiger partial charge on any atom is -0.382 e. The van der Waals surface area contributed by atoms with Gasteiger partial charge >= 0.3 is 6.18 Å². The van der Waals surface area contributed by atoms with Crippen molar-refractivity contribution in [2.24, 2.45) is 0 Å². The Balaban J connectivity index is 2.17. The van der Waals surface area contributed by atoms with Gasteiger partial charge in [-0.2, -0.15) is 18.4 Å². The van der Waals surface area contributed by atoms with Crippen molar-refractivity contribution >= 4 is 5.82 Å². The van der Waals surface area contributed by atoms with Gasteiger partial charge in [0.2, 0.25) is 0 Å². The zero-order valence-corrected chi connectivity index (χ0v) is 10.7. The lowest BCUT2D eigenvalue weighted by atomic mass is 9.95. The number of nitrogens with zero attached hydrogens (tertiary/aromatic N) is 2. The maximum atomic E-state index is 12.2. The largest absolute Gasteiger partial charge is 0.416 e. The Labute approximate surface area is 114 Å². The second-order valence-electron chi connectivity index (χ2n) is 4.75. The lowest BCUT2D eigenvalue weighted by molar-refractivity contribution is -0.198. The first-order valence-corrected chi connectivity index (χ1v) is 6.33. The number of hydrogen-bond donors (Lipinski definition) is 2. The summed E-state index contributed by atoms with van der Waals surface area (Å²) in [5.41, 5.74) is 2.01. The summed E-state index contributed by atoms with van der Waals surface area (Å²) in [6, 6.07) is 3.59. The SMILES string of the molecule is N#Cc1cc2c(nc1NCC(O)C(F)(F)F)CCCC2. The molecule has 20 heavy (non-hydrogen) atoms. The van der Waals surface area contributed by atoms with Gasteiger partial charge in [0.1, 0.15) is 11.9 Å². The van der Waals surface area contributed by atoms with Gasteiger partial charge in [-0.25, -0.2) is 4.98 Å². The van der Waals surface area contributed by atoms with Crippen molar-refractivity contribution in [2.45, 2.75) is 38.0 Å². The molecule has 2 rings (SSSR count). The fourth-order valence-corrected chi connectivity index (χ4v) is 2.16. The van der Waals surface area contributed by atoms with Crippen LogP contribution in [-0.4, -0.2) is 28.9 Å². The van der Waals surface area contributed by atoms with Crippen molar-refractivity contribution in [1.82, 2.24) is 4.98 Å². The molecule has 0 saturated heterocycles. The fraction of sp³-hybridized carbons (Fsp3) is 0.538. The first kappa shape index (κ1) is 14.6. The van der Waals surface area contributed by atoms with Crippen LogP contribution in [0.5, 0.6) is 0 Å². The number of hydrogen-bond acceptors (Lipinski definition) is 4. The van der Waals surface area contributed by atoms with Crippen molar-refractivity contribution in [3.8, 4) is 6.07 Å². The van der Waals surface area contributed by atoms with Gasteiger partial charge in [-0.05, 0) is 37.3 Å². The highest BCUT2D eigenvalue weighted by atomic mass is 19.4. The van der Waals surface area contributed by atoms with Crippen LogP contribution in [0.15, 0.2) is 6.07 Å². The van der Waals surface area contributed by atoms with Crippen LogP contribution >= 0.6 is 0 Å². The average molecular weight is 285 g/mol. The maximum absolute atomic E-state index is 12.2. The van der Waals surface area contributed by atoms with Gasteiger partial charge < -0.3 is 10.4 Å². The predicted octanol–water partition coefficient (Wildman–Crippen LogP) is 2.17. The van der Waals surface area contributed by atoms with Crippen LogP contribution in [0.25, 0.3) is 0 Å². The highest BCUT2D eigenvalue weighted by Crippen LogP contribution is 2.25. The molecule has 7 heteroatoms. The molecule has 1 aromatic rings. The van der Waals surface area contributed by atoms with E-state index in [1.165, 1.54) is 0 Å². The summed E-state index contributed by atoms with van der Waals surface area (Å²) in [7, 11) is 0. The molecule has 0 aliphatic heterocycles. The van der Waals surface area contributed by atoms with Crippen LogP contribution in [-0.2, 0) is 12.8 Å². The molecule has 0 bridgehead atoms. The zero-order valence-electron chi connectivity index (χ0n) is 10.7. The third-order valence-corrected chi connectivity index (χ3v) is 3.26. The van der Waals surface area contributed by atoms with Gasteiger partial charge in [0.05, 0.1) is 12.1 Å². The van der Waals surface area contributed by atoms with Gasteiger partial charge in [-0.3, -0.25) is 0 Å². The normalized spacial score (nSPS) is 16.1. The number of anilines is 1. The van der Waals surface area contributed by atoms with E-state index in [2.05, 4.69) is 10.3 Å². The lowest BCUT2D eigenvalue weighted by Gasteiger charge is -2.19. The van der Waals surface area contributed by atoms with Crippen molar-refractivity contribution in [3.63, 3.8) is 0 Å². The van der Waals surface area contributed by atoms with E-state index >= 15 is 0 Å². The first-order valence-electron chi connectivity index (χ1n) is 6.33. The predicted molar refractivity (Wildman–Crippen MR) is 66.1 cm³/mol. The van der Waals surface area contributed by atoms with E-state index in [-0.39, 0.29) is 11.4 Å². The Morgan fingerprint density at radius 1 is 1.40 bits per heavy atom. The molecule has 0 radical (unpaired) electrons. The van der Waals surface area contributed by atoms with E-state index in [1.54, 1.807) is 6.07 Å². The number of nitriles is 1. The van der Waals surface area contributed by atoms with E-state index < -0.39 is 18.8 Å². The van der Waals surface area contributed by atoms with E-state index in [1.807, 2.05) is 6.07 Å². The molecule has 0 spiro atoms. The van der Waals surface area contributed by atoms with Gasteiger partial charge in [0.15, 0.2) is 6.10 Å².